The molecule has 1 fully saturated rings. The molecule has 5 nitrogen and oxygen atoms in total. The number of aromatic nitrogens is 2. The van der Waals surface area contributed by atoms with Crippen molar-refractivity contribution in [2.24, 2.45) is 0 Å². The van der Waals surface area contributed by atoms with Gasteiger partial charge >= 0.3 is 5.69 Å². The summed E-state index contributed by atoms with van der Waals surface area (Å²) < 4.78 is 1.32. The molecule has 6 heteroatoms. The van der Waals surface area contributed by atoms with Gasteiger partial charge in [0.2, 0.25) is 0 Å². The van der Waals surface area contributed by atoms with Crippen LogP contribution >= 0.6 is 11.6 Å². The summed E-state index contributed by atoms with van der Waals surface area (Å²) in [5.41, 5.74) is -0.154. The van der Waals surface area contributed by atoms with Crippen LogP contribution in [0.2, 0.25) is 5.02 Å². The number of H-pyrrole nitrogens is 1. The third-order valence-corrected chi connectivity index (χ3v) is 4.28. The molecule has 1 unspecified atom stereocenters. The normalized spacial score (nSPS) is 19.8. The maximum absolute atomic E-state index is 12.6. The van der Waals surface area contributed by atoms with Crippen LogP contribution in [0.5, 0.6) is 0 Å². The van der Waals surface area contributed by atoms with Crippen molar-refractivity contribution in [1.29, 1.82) is 0 Å². The Morgan fingerprint density at radius 1 is 1.40 bits per heavy atom. The maximum Gasteiger partial charge on any atom is 0.329 e. The number of benzene rings is 1. The predicted molar refractivity (Wildman–Crippen MR) is 79.6 cm³/mol. The van der Waals surface area contributed by atoms with Crippen LogP contribution in [0.25, 0.3) is 10.9 Å². The zero-order valence-electron chi connectivity index (χ0n) is 11.2. The van der Waals surface area contributed by atoms with Gasteiger partial charge in [-0.2, -0.15) is 0 Å². The van der Waals surface area contributed by atoms with E-state index in [2.05, 4.69) is 16.8 Å². The molecule has 20 heavy (non-hydrogen) atoms. The molecule has 1 aromatic carbocycles. The number of likely N-dealkylation sites (tertiary alicyclic amines) is 1. The van der Waals surface area contributed by atoms with Gasteiger partial charge in [-0.25, -0.2) is 4.79 Å². The summed E-state index contributed by atoms with van der Waals surface area (Å²) in [6.07, 6.45) is 0.812. The zero-order valence-corrected chi connectivity index (χ0v) is 12.0. The van der Waals surface area contributed by atoms with Crippen LogP contribution < -0.4 is 11.2 Å². The number of nitrogens with zero attached hydrogens (tertiary/aromatic N) is 2. The molecule has 3 rings (SSSR count). The number of nitrogens with one attached hydrogen (secondary N) is 1. The van der Waals surface area contributed by atoms with E-state index in [0.29, 0.717) is 15.9 Å². The van der Waals surface area contributed by atoms with Gasteiger partial charge in [-0.3, -0.25) is 9.36 Å². The minimum absolute atomic E-state index is 0.0770. The van der Waals surface area contributed by atoms with E-state index in [-0.39, 0.29) is 17.3 Å². The molecule has 1 aliphatic heterocycles. The van der Waals surface area contributed by atoms with E-state index >= 15 is 0 Å². The monoisotopic (exact) mass is 293 g/mol. The number of hydrogen-bond acceptors (Lipinski definition) is 3. The summed E-state index contributed by atoms with van der Waals surface area (Å²) in [6, 6.07) is 5.01. The van der Waals surface area contributed by atoms with E-state index < -0.39 is 0 Å². The number of fused-ring (bicyclic) bond motifs is 1. The number of hydrogen-bond donors (Lipinski definition) is 1. The van der Waals surface area contributed by atoms with Crippen LogP contribution in [-0.2, 0) is 0 Å². The molecule has 2 heterocycles. The SMILES string of the molecule is CCN1CCC(n2c(=O)[nH]c3cccc(Cl)c3c2=O)C1. The molecule has 1 saturated heterocycles. The maximum atomic E-state index is 12.6. The molecule has 0 bridgehead atoms. The predicted octanol–water partition coefficient (Wildman–Crippen LogP) is 1.61. The highest BCUT2D eigenvalue weighted by molar-refractivity contribution is 6.35. The van der Waals surface area contributed by atoms with E-state index in [1.54, 1.807) is 18.2 Å². The van der Waals surface area contributed by atoms with Gasteiger partial charge in [0, 0.05) is 13.1 Å². The molecule has 0 saturated carbocycles. The molecule has 0 radical (unpaired) electrons. The quantitative estimate of drug-likeness (QED) is 0.915. The second kappa shape index (κ2) is 5.07. The minimum Gasteiger partial charge on any atom is -0.307 e. The third-order valence-electron chi connectivity index (χ3n) is 3.97. The van der Waals surface area contributed by atoms with Crippen LogP contribution in [0.1, 0.15) is 19.4 Å². The van der Waals surface area contributed by atoms with E-state index in [9.17, 15) is 9.59 Å². The Balaban J connectivity index is 2.19. The Morgan fingerprint density at radius 2 is 2.20 bits per heavy atom. The molecule has 1 aliphatic rings. The lowest BCUT2D eigenvalue weighted by Crippen LogP contribution is -2.39. The van der Waals surface area contributed by atoms with Crippen molar-refractivity contribution in [2.45, 2.75) is 19.4 Å². The summed E-state index contributed by atoms with van der Waals surface area (Å²) in [5, 5.41) is 0.770. The second-order valence-corrected chi connectivity index (χ2v) is 5.51. The topological polar surface area (TPSA) is 58.1 Å². The highest BCUT2D eigenvalue weighted by Gasteiger charge is 2.26. The fourth-order valence-electron chi connectivity index (χ4n) is 2.88. The second-order valence-electron chi connectivity index (χ2n) is 5.10. The Labute approximate surface area is 120 Å². The Kier molecular flexibility index (Phi) is 3.40. The van der Waals surface area contributed by atoms with E-state index in [1.807, 2.05) is 0 Å². The third kappa shape index (κ3) is 2.07. The van der Waals surface area contributed by atoms with Crippen molar-refractivity contribution in [3.8, 4) is 0 Å². The average Bonchev–Trinajstić information content (AvgIpc) is 2.87. The molecule has 1 N–H and O–H groups in total. The van der Waals surface area contributed by atoms with Crippen LogP contribution in [0.3, 0.4) is 0 Å². The van der Waals surface area contributed by atoms with E-state index in [0.717, 1.165) is 26.1 Å². The highest BCUT2D eigenvalue weighted by atomic mass is 35.5. The van der Waals surface area contributed by atoms with Crippen molar-refractivity contribution in [2.75, 3.05) is 19.6 Å². The van der Waals surface area contributed by atoms with Gasteiger partial charge < -0.3 is 9.88 Å². The van der Waals surface area contributed by atoms with Crippen LogP contribution in [0, 0.1) is 0 Å². The van der Waals surface area contributed by atoms with Gasteiger partial charge in [0.15, 0.2) is 0 Å². The van der Waals surface area contributed by atoms with Gasteiger partial charge in [-0.05, 0) is 25.1 Å². The molecule has 1 aromatic heterocycles. The molecule has 0 aliphatic carbocycles. The highest BCUT2D eigenvalue weighted by Crippen LogP contribution is 2.21. The van der Waals surface area contributed by atoms with Crippen LogP contribution in [0.15, 0.2) is 27.8 Å². The Hall–Kier alpha value is -1.59. The summed E-state index contributed by atoms with van der Waals surface area (Å²) in [5.74, 6) is 0. The molecule has 0 amide bonds. The number of halogens is 1. The first-order chi connectivity index (χ1) is 9.61. The zero-order chi connectivity index (χ0) is 14.3. The fourth-order valence-corrected chi connectivity index (χ4v) is 3.13. The van der Waals surface area contributed by atoms with Crippen molar-refractivity contribution in [1.82, 2.24) is 14.5 Å². The Bertz CT molecular complexity index is 765. The van der Waals surface area contributed by atoms with Gasteiger partial charge in [0.25, 0.3) is 5.56 Å². The van der Waals surface area contributed by atoms with E-state index in [4.69, 9.17) is 11.6 Å². The van der Waals surface area contributed by atoms with Crippen molar-refractivity contribution in [3.63, 3.8) is 0 Å². The fraction of sp³-hybridized carbons (Fsp3) is 0.429. The summed E-state index contributed by atoms with van der Waals surface area (Å²) >= 11 is 6.10. The number of likely N-dealkylation sites (N-methyl/N-ethyl adjacent to an activating group) is 1. The van der Waals surface area contributed by atoms with Crippen LogP contribution in [-0.4, -0.2) is 34.1 Å². The first-order valence-electron chi connectivity index (χ1n) is 6.77. The lowest BCUT2D eigenvalue weighted by molar-refractivity contribution is 0.338. The van der Waals surface area contributed by atoms with Gasteiger partial charge in [0.05, 0.1) is 22.0 Å². The van der Waals surface area contributed by atoms with Gasteiger partial charge in [-0.15, -0.1) is 0 Å². The van der Waals surface area contributed by atoms with Crippen molar-refractivity contribution < 1.29 is 0 Å². The van der Waals surface area contributed by atoms with Gasteiger partial charge in [0.1, 0.15) is 0 Å². The molecule has 1 atom stereocenters. The minimum atomic E-state index is -0.354. The van der Waals surface area contributed by atoms with Crippen molar-refractivity contribution >= 4 is 22.5 Å². The van der Waals surface area contributed by atoms with Gasteiger partial charge in [-0.1, -0.05) is 24.6 Å². The lowest BCUT2D eigenvalue weighted by Gasteiger charge is -2.15. The summed E-state index contributed by atoms with van der Waals surface area (Å²) in [7, 11) is 0. The van der Waals surface area contributed by atoms with Crippen molar-refractivity contribution in [3.05, 3.63) is 44.1 Å². The molecule has 2 aromatic rings. The smallest absolute Gasteiger partial charge is 0.307 e. The van der Waals surface area contributed by atoms with E-state index in [1.165, 1.54) is 4.57 Å². The van der Waals surface area contributed by atoms with Crippen LogP contribution in [0.4, 0.5) is 0 Å². The number of aromatic amines is 1. The molecule has 0 spiro atoms. The lowest BCUT2D eigenvalue weighted by atomic mass is 10.2. The average molecular weight is 294 g/mol. The summed E-state index contributed by atoms with van der Waals surface area (Å²) in [4.78, 5) is 29.8. The largest absolute Gasteiger partial charge is 0.329 e. The summed E-state index contributed by atoms with van der Waals surface area (Å²) in [6.45, 7) is 4.65. The molecule has 106 valence electrons. The number of rotatable bonds is 2. The molecular weight excluding hydrogens is 278 g/mol. The molecular formula is C14H16ClN3O2. The Morgan fingerprint density at radius 3 is 2.90 bits per heavy atom. The first-order valence-corrected chi connectivity index (χ1v) is 7.15. The standard InChI is InChI=1S/C14H16ClN3O2/c1-2-17-7-6-9(8-17)18-13(19)12-10(15)4-3-5-11(12)16-14(18)20/h3-5,9H,2,6-8H2,1H3,(H,16,20). The first kappa shape index (κ1) is 13.4.